The number of rotatable bonds is 6. The summed E-state index contributed by atoms with van der Waals surface area (Å²) in [6.45, 7) is 3.84. The van der Waals surface area contributed by atoms with Crippen LogP contribution < -0.4 is 11.1 Å². The van der Waals surface area contributed by atoms with Crippen molar-refractivity contribution < 1.29 is 14.7 Å². The van der Waals surface area contributed by atoms with Crippen LogP contribution in [0.1, 0.15) is 49.4 Å². The van der Waals surface area contributed by atoms with Gasteiger partial charge >= 0.3 is 0 Å². The topological polar surface area (TPSA) is 109 Å². The summed E-state index contributed by atoms with van der Waals surface area (Å²) in [7, 11) is 2.19. The summed E-state index contributed by atoms with van der Waals surface area (Å²) in [5.74, 6) is 0.305. The van der Waals surface area contributed by atoms with E-state index >= 15 is 0 Å². The normalized spacial score (nSPS) is 16.0. The molecule has 1 aromatic heterocycles. The van der Waals surface area contributed by atoms with E-state index in [1.807, 2.05) is 0 Å². The first kappa shape index (κ1) is 19.9. The number of hydrogen-bond acceptors (Lipinski definition) is 5. The summed E-state index contributed by atoms with van der Waals surface area (Å²) in [4.78, 5) is 26.3. The van der Waals surface area contributed by atoms with E-state index in [0.717, 1.165) is 18.9 Å². The van der Waals surface area contributed by atoms with Crippen molar-refractivity contribution in [2.75, 3.05) is 25.5 Å². The first-order chi connectivity index (χ1) is 11.5. The fourth-order valence-electron chi connectivity index (χ4n) is 3.17. The highest BCUT2D eigenvalue weighted by atomic mass is 16.3. The van der Waals surface area contributed by atoms with Crippen molar-refractivity contribution in [2.45, 2.75) is 44.6 Å². The number of nitrogens with zero attached hydrogens (tertiary/aromatic N) is 2. The Kier molecular flexibility index (Phi) is 8.18. The van der Waals surface area contributed by atoms with E-state index in [2.05, 4.69) is 29.2 Å². The Morgan fingerprint density at radius 1 is 1.46 bits per heavy atom. The second kappa shape index (κ2) is 9.87. The lowest BCUT2D eigenvalue weighted by atomic mass is 9.80. The third kappa shape index (κ3) is 5.49. The zero-order valence-electron chi connectivity index (χ0n) is 14.5. The van der Waals surface area contributed by atoms with Gasteiger partial charge in [0.05, 0.1) is 0 Å². The van der Waals surface area contributed by atoms with Gasteiger partial charge in [-0.3, -0.25) is 14.5 Å². The van der Waals surface area contributed by atoms with Crippen LogP contribution in [0, 0.1) is 0 Å². The number of anilines is 1. The van der Waals surface area contributed by atoms with Crippen LogP contribution in [-0.2, 0) is 4.79 Å². The van der Waals surface area contributed by atoms with Crippen molar-refractivity contribution in [1.29, 1.82) is 0 Å². The number of primary amides is 1. The standard InChI is InChI=1S/C16H26N4O.CH2O2/c1-3-20(2)16(8-5-4-6-9-16)12-19-14-11-13(15(17)21)7-10-18-14;2-1-3/h7,10-11H,3-6,8-9,12H2,1-2H3,(H2,17,21)(H,18,19);1H,(H,2,3). The highest BCUT2D eigenvalue weighted by Gasteiger charge is 2.35. The van der Waals surface area contributed by atoms with Crippen LogP contribution >= 0.6 is 0 Å². The van der Waals surface area contributed by atoms with E-state index in [4.69, 9.17) is 15.6 Å². The van der Waals surface area contributed by atoms with Crippen molar-refractivity contribution in [3.8, 4) is 0 Å². The average molecular weight is 336 g/mol. The lowest BCUT2D eigenvalue weighted by Crippen LogP contribution is -2.52. The molecule has 0 bridgehead atoms. The molecule has 0 aromatic carbocycles. The van der Waals surface area contributed by atoms with Crippen LogP contribution in [0.25, 0.3) is 0 Å². The predicted molar refractivity (Wildman–Crippen MR) is 94.1 cm³/mol. The van der Waals surface area contributed by atoms with E-state index in [-0.39, 0.29) is 12.0 Å². The first-order valence-corrected chi connectivity index (χ1v) is 8.28. The Morgan fingerprint density at radius 2 is 2.08 bits per heavy atom. The number of aromatic nitrogens is 1. The lowest BCUT2D eigenvalue weighted by Gasteiger charge is -2.44. The van der Waals surface area contributed by atoms with Crippen LogP contribution in [-0.4, -0.2) is 53.0 Å². The number of carboxylic acid groups (broad SMARTS) is 1. The maximum atomic E-state index is 11.2. The molecule has 1 heterocycles. The quantitative estimate of drug-likeness (QED) is 0.685. The largest absolute Gasteiger partial charge is 0.483 e. The van der Waals surface area contributed by atoms with Crippen molar-refractivity contribution in [3.63, 3.8) is 0 Å². The minimum Gasteiger partial charge on any atom is -0.483 e. The molecule has 1 aliphatic rings. The minimum atomic E-state index is -0.418. The maximum Gasteiger partial charge on any atom is 0.290 e. The number of carbonyl (C=O) groups excluding carboxylic acids is 1. The van der Waals surface area contributed by atoms with Crippen LogP contribution in [0.2, 0.25) is 0 Å². The van der Waals surface area contributed by atoms with Crippen LogP contribution in [0.3, 0.4) is 0 Å². The summed E-state index contributed by atoms with van der Waals surface area (Å²) in [5.41, 5.74) is 6.00. The SMILES string of the molecule is CCN(C)C1(CNc2cc(C(N)=O)ccn2)CCCCC1.O=CO. The number of likely N-dealkylation sites (N-methyl/N-ethyl adjacent to an activating group) is 1. The highest BCUT2D eigenvalue weighted by molar-refractivity contribution is 5.93. The van der Waals surface area contributed by atoms with Gasteiger partial charge in [-0.25, -0.2) is 4.98 Å². The third-order valence-corrected chi connectivity index (χ3v) is 4.71. The Balaban J connectivity index is 0.000000891. The molecule has 1 saturated carbocycles. The molecule has 134 valence electrons. The molecule has 7 nitrogen and oxygen atoms in total. The Hall–Kier alpha value is -2.15. The van der Waals surface area contributed by atoms with Gasteiger partial charge in [0.25, 0.3) is 6.47 Å². The summed E-state index contributed by atoms with van der Waals surface area (Å²) in [6, 6.07) is 3.37. The molecule has 0 atom stereocenters. The monoisotopic (exact) mass is 336 g/mol. The second-order valence-electron chi connectivity index (χ2n) is 6.05. The van der Waals surface area contributed by atoms with Gasteiger partial charge in [-0.15, -0.1) is 0 Å². The molecule has 0 radical (unpaired) electrons. The van der Waals surface area contributed by atoms with Gasteiger partial charge in [-0.1, -0.05) is 26.2 Å². The van der Waals surface area contributed by atoms with Crippen LogP contribution in [0.15, 0.2) is 18.3 Å². The molecule has 1 aliphatic carbocycles. The molecule has 2 rings (SSSR count). The van der Waals surface area contributed by atoms with Gasteiger partial charge in [0.15, 0.2) is 0 Å². The molecule has 7 heteroatoms. The van der Waals surface area contributed by atoms with Crippen molar-refractivity contribution in [1.82, 2.24) is 9.88 Å². The molecular formula is C17H28N4O3. The molecule has 0 aliphatic heterocycles. The molecule has 4 N–H and O–H groups in total. The second-order valence-corrected chi connectivity index (χ2v) is 6.05. The number of pyridine rings is 1. The van der Waals surface area contributed by atoms with Crippen LogP contribution in [0.4, 0.5) is 5.82 Å². The van der Waals surface area contributed by atoms with E-state index < -0.39 is 5.91 Å². The number of nitrogens with two attached hydrogens (primary N) is 1. The molecule has 0 unspecified atom stereocenters. The summed E-state index contributed by atoms with van der Waals surface area (Å²) < 4.78 is 0. The van der Waals surface area contributed by atoms with Crippen molar-refractivity contribution in [2.24, 2.45) is 5.73 Å². The summed E-state index contributed by atoms with van der Waals surface area (Å²) >= 11 is 0. The van der Waals surface area contributed by atoms with E-state index in [9.17, 15) is 4.79 Å². The van der Waals surface area contributed by atoms with E-state index in [0.29, 0.717) is 5.56 Å². The Labute approximate surface area is 143 Å². The molecule has 1 amide bonds. The van der Waals surface area contributed by atoms with Gasteiger partial charge in [0.2, 0.25) is 5.91 Å². The Bertz CT molecular complexity index is 530. The minimum absolute atomic E-state index is 0.192. The first-order valence-electron chi connectivity index (χ1n) is 8.28. The van der Waals surface area contributed by atoms with Crippen molar-refractivity contribution in [3.05, 3.63) is 23.9 Å². The molecular weight excluding hydrogens is 308 g/mol. The van der Waals surface area contributed by atoms with Gasteiger partial charge in [0.1, 0.15) is 5.82 Å². The maximum absolute atomic E-state index is 11.2. The zero-order chi connectivity index (χ0) is 18.0. The number of carbonyl (C=O) groups is 2. The molecule has 24 heavy (non-hydrogen) atoms. The zero-order valence-corrected chi connectivity index (χ0v) is 14.5. The van der Waals surface area contributed by atoms with E-state index in [1.165, 1.54) is 32.1 Å². The summed E-state index contributed by atoms with van der Waals surface area (Å²) in [6.07, 6.45) is 7.93. The van der Waals surface area contributed by atoms with Crippen LogP contribution in [0.5, 0.6) is 0 Å². The highest BCUT2D eigenvalue weighted by Crippen LogP contribution is 2.33. The molecule has 0 saturated heterocycles. The predicted octanol–water partition coefficient (Wildman–Crippen LogP) is 1.95. The molecule has 1 aromatic rings. The lowest BCUT2D eigenvalue weighted by molar-refractivity contribution is -0.122. The summed E-state index contributed by atoms with van der Waals surface area (Å²) in [5, 5.41) is 10.3. The number of nitrogens with one attached hydrogen (secondary N) is 1. The molecule has 1 fully saturated rings. The third-order valence-electron chi connectivity index (χ3n) is 4.71. The fourth-order valence-corrected chi connectivity index (χ4v) is 3.17. The fraction of sp³-hybridized carbons (Fsp3) is 0.588. The molecule has 0 spiro atoms. The van der Waals surface area contributed by atoms with E-state index in [1.54, 1.807) is 18.3 Å². The van der Waals surface area contributed by atoms with Gasteiger partial charge in [0, 0.05) is 23.8 Å². The smallest absolute Gasteiger partial charge is 0.290 e. The van der Waals surface area contributed by atoms with Gasteiger partial charge in [-0.05, 0) is 38.6 Å². The van der Waals surface area contributed by atoms with Gasteiger partial charge < -0.3 is 16.2 Å². The number of hydrogen-bond donors (Lipinski definition) is 3. The van der Waals surface area contributed by atoms with Crippen molar-refractivity contribution >= 4 is 18.2 Å². The van der Waals surface area contributed by atoms with Gasteiger partial charge in [-0.2, -0.15) is 0 Å². The number of amides is 1. The Morgan fingerprint density at radius 3 is 2.62 bits per heavy atom. The average Bonchev–Trinajstić information content (AvgIpc) is 2.61.